The van der Waals surface area contributed by atoms with Gasteiger partial charge < -0.3 is 4.57 Å². The number of hydroxylamine groups is 2. The standard InChI is InChI=1S/C10H8N2.C9H18NO.C4H6N2/c1-3-7-11-9(5-1)10-6-2-4-8-12-10;1-8(2)6-5-7-9(3,4)10(8)11;1-6-3-2-5-4-6/h1-8H;5-7H2,1-4H3;2-4H,1H3. The fourth-order valence-electron chi connectivity index (χ4n) is 3.33. The van der Waals surface area contributed by atoms with E-state index >= 15 is 0 Å². The lowest BCUT2D eigenvalue weighted by atomic mass is 9.82. The highest BCUT2D eigenvalue weighted by Gasteiger charge is 2.41. The van der Waals surface area contributed by atoms with Crippen LogP contribution in [-0.2, 0) is 12.3 Å². The summed E-state index contributed by atoms with van der Waals surface area (Å²) in [6.07, 6.45) is 12.2. The molecule has 6 nitrogen and oxygen atoms in total. The molecule has 1 radical (unpaired) electrons. The molecule has 0 atom stereocenters. The maximum atomic E-state index is 11.7. The number of nitrogens with zero attached hydrogens (tertiary/aromatic N) is 5. The summed E-state index contributed by atoms with van der Waals surface area (Å²) in [5.41, 5.74) is 1.53. The zero-order valence-corrected chi connectivity index (χ0v) is 18.1. The Morgan fingerprint density at radius 2 is 1.34 bits per heavy atom. The number of piperidine rings is 1. The van der Waals surface area contributed by atoms with Gasteiger partial charge in [0.05, 0.1) is 17.7 Å². The van der Waals surface area contributed by atoms with Gasteiger partial charge in [0.1, 0.15) is 0 Å². The van der Waals surface area contributed by atoms with Crippen LogP contribution in [0.15, 0.2) is 67.5 Å². The van der Waals surface area contributed by atoms with Crippen molar-refractivity contribution in [2.75, 3.05) is 0 Å². The SMILES string of the molecule is CC1(C)CCCC(C)(C)N1[O].Cn1ccnc1.c1ccc(-c2ccccn2)nc1. The van der Waals surface area contributed by atoms with Gasteiger partial charge in [-0.15, -0.1) is 10.3 Å². The predicted molar refractivity (Wildman–Crippen MR) is 115 cm³/mol. The molecule has 29 heavy (non-hydrogen) atoms. The maximum Gasteiger partial charge on any atom is 0.0943 e. The maximum absolute atomic E-state index is 11.7. The van der Waals surface area contributed by atoms with Gasteiger partial charge in [-0.2, -0.15) is 0 Å². The highest BCUT2D eigenvalue weighted by molar-refractivity contribution is 5.52. The molecule has 0 N–H and O–H groups in total. The summed E-state index contributed by atoms with van der Waals surface area (Å²) in [6, 6.07) is 11.6. The van der Waals surface area contributed by atoms with Crippen LogP contribution in [0.1, 0.15) is 47.0 Å². The van der Waals surface area contributed by atoms with Crippen LogP contribution in [-0.4, -0.2) is 35.7 Å². The summed E-state index contributed by atoms with van der Waals surface area (Å²) >= 11 is 0. The van der Waals surface area contributed by atoms with Crippen molar-refractivity contribution in [1.82, 2.24) is 24.6 Å². The first kappa shape index (κ1) is 22.7. The van der Waals surface area contributed by atoms with E-state index in [2.05, 4.69) is 15.0 Å². The molecule has 0 unspecified atom stereocenters. The normalized spacial score (nSPS) is 17.3. The summed E-state index contributed by atoms with van der Waals surface area (Å²) in [6.45, 7) is 8.11. The van der Waals surface area contributed by atoms with Gasteiger partial charge in [0, 0.05) is 42.9 Å². The van der Waals surface area contributed by atoms with E-state index in [1.54, 1.807) is 24.9 Å². The molecule has 0 spiro atoms. The molecular formula is C23H32N5O. The molecule has 4 rings (SSSR count). The fourth-order valence-corrected chi connectivity index (χ4v) is 3.33. The molecule has 0 saturated carbocycles. The molecule has 155 valence electrons. The van der Waals surface area contributed by atoms with E-state index in [0.717, 1.165) is 24.2 Å². The van der Waals surface area contributed by atoms with Crippen molar-refractivity contribution in [1.29, 1.82) is 0 Å². The quantitative estimate of drug-likeness (QED) is 0.586. The zero-order chi connectivity index (χ0) is 21.3. The molecule has 3 aromatic rings. The third-order valence-corrected chi connectivity index (χ3v) is 4.91. The van der Waals surface area contributed by atoms with E-state index in [1.807, 2.05) is 81.9 Å². The highest BCUT2D eigenvalue weighted by atomic mass is 16.5. The minimum absolute atomic E-state index is 0.151. The second-order valence-electron chi connectivity index (χ2n) is 8.43. The van der Waals surface area contributed by atoms with E-state index in [4.69, 9.17) is 0 Å². The van der Waals surface area contributed by atoms with Crippen LogP contribution >= 0.6 is 0 Å². The molecule has 0 aromatic carbocycles. The van der Waals surface area contributed by atoms with Crippen LogP contribution in [0.25, 0.3) is 11.4 Å². The number of hydrogen-bond acceptors (Lipinski definition) is 4. The molecule has 0 bridgehead atoms. The van der Waals surface area contributed by atoms with Gasteiger partial charge in [-0.25, -0.2) is 4.98 Å². The fraction of sp³-hybridized carbons (Fsp3) is 0.435. The van der Waals surface area contributed by atoms with Gasteiger partial charge in [0.15, 0.2) is 0 Å². The number of aryl methyl sites for hydroxylation is 1. The molecule has 1 fully saturated rings. The van der Waals surface area contributed by atoms with Crippen molar-refractivity contribution in [3.8, 4) is 11.4 Å². The van der Waals surface area contributed by atoms with E-state index in [0.29, 0.717) is 0 Å². The topological polar surface area (TPSA) is 66.7 Å². The average Bonchev–Trinajstić information content (AvgIpc) is 3.19. The first-order valence-corrected chi connectivity index (χ1v) is 9.94. The zero-order valence-electron chi connectivity index (χ0n) is 18.1. The van der Waals surface area contributed by atoms with Crippen LogP contribution in [0.3, 0.4) is 0 Å². The lowest BCUT2D eigenvalue weighted by Gasteiger charge is -2.46. The van der Waals surface area contributed by atoms with Gasteiger partial charge in [-0.1, -0.05) is 12.1 Å². The smallest absolute Gasteiger partial charge is 0.0943 e. The van der Waals surface area contributed by atoms with Gasteiger partial charge >= 0.3 is 0 Å². The molecule has 4 heterocycles. The van der Waals surface area contributed by atoms with Crippen LogP contribution in [0.5, 0.6) is 0 Å². The van der Waals surface area contributed by atoms with E-state index in [9.17, 15) is 5.21 Å². The molecule has 1 aliphatic heterocycles. The van der Waals surface area contributed by atoms with Crippen LogP contribution in [0.4, 0.5) is 0 Å². The van der Waals surface area contributed by atoms with E-state index < -0.39 is 0 Å². The lowest BCUT2D eigenvalue weighted by molar-refractivity contribution is -0.286. The van der Waals surface area contributed by atoms with Crippen molar-refractivity contribution in [3.63, 3.8) is 0 Å². The largest absolute Gasteiger partial charge is 0.341 e. The predicted octanol–water partition coefficient (Wildman–Crippen LogP) is 4.94. The number of pyridine rings is 2. The van der Waals surface area contributed by atoms with Crippen LogP contribution in [0.2, 0.25) is 0 Å². The number of hydrogen-bond donors (Lipinski definition) is 0. The molecule has 1 aliphatic rings. The molecular weight excluding hydrogens is 362 g/mol. The number of rotatable bonds is 1. The van der Waals surface area contributed by atoms with Crippen molar-refractivity contribution < 1.29 is 5.21 Å². The van der Waals surface area contributed by atoms with E-state index in [-0.39, 0.29) is 11.1 Å². The van der Waals surface area contributed by atoms with Crippen LogP contribution in [0, 0.1) is 0 Å². The van der Waals surface area contributed by atoms with E-state index in [1.165, 1.54) is 11.5 Å². The van der Waals surface area contributed by atoms with Crippen molar-refractivity contribution in [2.24, 2.45) is 7.05 Å². The second kappa shape index (κ2) is 10.3. The van der Waals surface area contributed by atoms with Gasteiger partial charge in [0.2, 0.25) is 0 Å². The van der Waals surface area contributed by atoms with Crippen molar-refractivity contribution in [2.45, 2.75) is 58.0 Å². The van der Waals surface area contributed by atoms with Crippen molar-refractivity contribution in [3.05, 3.63) is 67.5 Å². The first-order valence-electron chi connectivity index (χ1n) is 9.94. The van der Waals surface area contributed by atoms with Gasteiger partial charge in [0.25, 0.3) is 0 Å². The Kier molecular flexibility index (Phi) is 8.05. The third kappa shape index (κ3) is 7.07. The number of aromatic nitrogens is 4. The summed E-state index contributed by atoms with van der Waals surface area (Å²) < 4.78 is 1.89. The Morgan fingerprint density at radius 3 is 1.62 bits per heavy atom. The molecule has 3 aromatic heterocycles. The minimum Gasteiger partial charge on any atom is -0.341 e. The Morgan fingerprint density at radius 1 is 0.828 bits per heavy atom. The summed E-state index contributed by atoms with van der Waals surface area (Å²) in [5, 5.41) is 13.0. The highest BCUT2D eigenvalue weighted by Crippen LogP contribution is 2.36. The van der Waals surface area contributed by atoms with Crippen LogP contribution < -0.4 is 0 Å². The minimum atomic E-state index is -0.151. The Hall–Kier alpha value is -2.57. The Labute approximate surface area is 174 Å². The average molecular weight is 395 g/mol. The molecule has 6 heteroatoms. The lowest BCUT2D eigenvalue weighted by Crippen LogP contribution is -2.55. The monoisotopic (exact) mass is 394 g/mol. The third-order valence-electron chi connectivity index (χ3n) is 4.91. The Bertz CT molecular complexity index is 763. The van der Waals surface area contributed by atoms with Gasteiger partial charge in [-0.05, 0) is 71.2 Å². The van der Waals surface area contributed by atoms with Crippen molar-refractivity contribution >= 4 is 0 Å². The second-order valence-corrected chi connectivity index (χ2v) is 8.43. The van der Waals surface area contributed by atoms with Gasteiger partial charge in [-0.3, -0.25) is 9.97 Å². The summed E-state index contributed by atoms with van der Waals surface area (Å²) in [5.74, 6) is 0. The Balaban J connectivity index is 0.000000164. The molecule has 0 amide bonds. The summed E-state index contributed by atoms with van der Waals surface area (Å²) in [7, 11) is 1.94. The molecule has 0 aliphatic carbocycles. The number of imidazole rings is 1. The first-order chi connectivity index (χ1) is 13.7. The molecule has 1 saturated heterocycles. The summed E-state index contributed by atoms with van der Waals surface area (Å²) in [4.78, 5) is 12.2.